The number of hydrogen-bond donors (Lipinski definition) is 2. The summed E-state index contributed by atoms with van der Waals surface area (Å²) in [4.78, 5) is 0. The Kier molecular flexibility index (Phi) is 5.55. The number of para-hydroxylation sites is 1. The molecule has 0 saturated carbocycles. The summed E-state index contributed by atoms with van der Waals surface area (Å²) in [5.74, 6) is 0.608. The Balaban J connectivity index is 1.50. The standard InChI is InChI=1S/C19H22ClNO2/c20-17-9-3-4-11-19(17)23-13-15(22)12-21-18-10-5-7-14-6-1-2-8-16(14)18/h1-4,6,8-9,11,15,18,21-22H,5,7,10,12-13H2. The van der Waals surface area contributed by atoms with Crippen LogP contribution < -0.4 is 10.1 Å². The topological polar surface area (TPSA) is 41.5 Å². The SMILES string of the molecule is OC(CNC1CCCc2ccccc21)COc1ccccc1Cl. The fraction of sp³-hybridized carbons (Fsp3) is 0.368. The van der Waals surface area contributed by atoms with Crippen LogP contribution in [0.5, 0.6) is 5.75 Å². The zero-order chi connectivity index (χ0) is 16.1. The van der Waals surface area contributed by atoms with Crippen LogP contribution in [-0.2, 0) is 6.42 Å². The van der Waals surface area contributed by atoms with E-state index in [0.29, 0.717) is 23.4 Å². The molecule has 0 bridgehead atoms. The molecule has 0 fully saturated rings. The minimum atomic E-state index is -0.569. The molecule has 2 N–H and O–H groups in total. The van der Waals surface area contributed by atoms with Crippen molar-refractivity contribution >= 4 is 11.6 Å². The molecule has 3 nitrogen and oxygen atoms in total. The molecule has 1 aliphatic rings. The second-order valence-electron chi connectivity index (χ2n) is 5.95. The van der Waals surface area contributed by atoms with Gasteiger partial charge in [0.15, 0.2) is 0 Å². The highest BCUT2D eigenvalue weighted by atomic mass is 35.5. The highest BCUT2D eigenvalue weighted by Gasteiger charge is 2.20. The lowest BCUT2D eigenvalue weighted by Gasteiger charge is -2.27. The predicted molar refractivity (Wildman–Crippen MR) is 93.1 cm³/mol. The number of fused-ring (bicyclic) bond motifs is 1. The molecular weight excluding hydrogens is 310 g/mol. The molecule has 2 atom stereocenters. The smallest absolute Gasteiger partial charge is 0.138 e. The van der Waals surface area contributed by atoms with E-state index in [1.807, 2.05) is 12.1 Å². The Morgan fingerprint density at radius 2 is 1.96 bits per heavy atom. The number of hydrogen-bond acceptors (Lipinski definition) is 3. The quantitative estimate of drug-likeness (QED) is 0.847. The first-order valence-corrected chi connectivity index (χ1v) is 8.48. The molecule has 2 aromatic carbocycles. The second-order valence-corrected chi connectivity index (χ2v) is 6.35. The van der Waals surface area contributed by atoms with Crippen LogP contribution in [0.2, 0.25) is 5.02 Å². The molecule has 3 rings (SSSR count). The van der Waals surface area contributed by atoms with Crippen LogP contribution in [0, 0.1) is 0 Å². The molecule has 0 aliphatic heterocycles. The first kappa shape index (κ1) is 16.3. The lowest BCUT2D eigenvalue weighted by Crippen LogP contribution is -2.35. The van der Waals surface area contributed by atoms with Crippen molar-refractivity contribution in [2.24, 2.45) is 0 Å². The van der Waals surface area contributed by atoms with Crippen molar-refractivity contribution in [3.63, 3.8) is 0 Å². The number of aliphatic hydroxyl groups excluding tert-OH is 1. The molecule has 122 valence electrons. The summed E-state index contributed by atoms with van der Waals surface area (Å²) in [6.07, 6.45) is 2.86. The van der Waals surface area contributed by atoms with E-state index in [2.05, 4.69) is 29.6 Å². The minimum Gasteiger partial charge on any atom is -0.489 e. The van der Waals surface area contributed by atoms with Crippen LogP contribution in [0.15, 0.2) is 48.5 Å². The Hall–Kier alpha value is -1.55. The Morgan fingerprint density at radius 3 is 2.83 bits per heavy atom. The van der Waals surface area contributed by atoms with Gasteiger partial charge in [0.1, 0.15) is 18.5 Å². The summed E-state index contributed by atoms with van der Waals surface area (Å²) in [6, 6.07) is 16.2. The van der Waals surface area contributed by atoms with E-state index in [0.717, 1.165) is 12.8 Å². The molecule has 23 heavy (non-hydrogen) atoms. The van der Waals surface area contributed by atoms with Crippen LogP contribution in [0.3, 0.4) is 0 Å². The second kappa shape index (κ2) is 7.82. The van der Waals surface area contributed by atoms with Crippen LogP contribution in [0.4, 0.5) is 0 Å². The maximum atomic E-state index is 10.1. The third-order valence-corrected chi connectivity index (χ3v) is 4.55. The van der Waals surface area contributed by atoms with Gasteiger partial charge < -0.3 is 15.2 Å². The van der Waals surface area contributed by atoms with Gasteiger partial charge in [0.05, 0.1) is 5.02 Å². The van der Waals surface area contributed by atoms with Crippen LogP contribution in [0.25, 0.3) is 0 Å². The van der Waals surface area contributed by atoms with Crippen molar-refractivity contribution < 1.29 is 9.84 Å². The van der Waals surface area contributed by atoms with Crippen LogP contribution >= 0.6 is 11.6 Å². The summed E-state index contributed by atoms with van der Waals surface area (Å²) in [5, 5.41) is 14.2. The third kappa shape index (κ3) is 4.25. The van der Waals surface area contributed by atoms with Gasteiger partial charge in [-0.15, -0.1) is 0 Å². The monoisotopic (exact) mass is 331 g/mol. The largest absolute Gasteiger partial charge is 0.489 e. The number of halogens is 1. The molecule has 0 aromatic heterocycles. The van der Waals surface area contributed by atoms with Gasteiger partial charge in [0, 0.05) is 12.6 Å². The number of nitrogens with one attached hydrogen (secondary N) is 1. The van der Waals surface area contributed by atoms with Crippen molar-refractivity contribution in [1.29, 1.82) is 0 Å². The molecule has 1 aliphatic carbocycles. The van der Waals surface area contributed by atoms with Crippen molar-refractivity contribution in [1.82, 2.24) is 5.32 Å². The van der Waals surface area contributed by atoms with Crippen molar-refractivity contribution in [2.75, 3.05) is 13.2 Å². The maximum Gasteiger partial charge on any atom is 0.138 e. The average molecular weight is 332 g/mol. The van der Waals surface area contributed by atoms with E-state index in [1.54, 1.807) is 12.1 Å². The number of aryl methyl sites for hydroxylation is 1. The average Bonchev–Trinajstić information content (AvgIpc) is 2.59. The van der Waals surface area contributed by atoms with E-state index in [1.165, 1.54) is 17.5 Å². The molecule has 0 heterocycles. The number of ether oxygens (including phenoxy) is 1. The number of aliphatic hydroxyl groups is 1. The Morgan fingerprint density at radius 1 is 1.17 bits per heavy atom. The maximum absolute atomic E-state index is 10.1. The minimum absolute atomic E-state index is 0.227. The fourth-order valence-corrected chi connectivity index (χ4v) is 3.24. The summed E-state index contributed by atoms with van der Waals surface area (Å²) in [7, 11) is 0. The van der Waals surface area contributed by atoms with Gasteiger partial charge in [0.25, 0.3) is 0 Å². The van der Waals surface area contributed by atoms with Gasteiger partial charge in [-0.3, -0.25) is 0 Å². The number of rotatable bonds is 6. The highest BCUT2D eigenvalue weighted by Crippen LogP contribution is 2.29. The van der Waals surface area contributed by atoms with Gasteiger partial charge in [-0.05, 0) is 42.5 Å². The first-order valence-electron chi connectivity index (χ1n) is 8.10. The van der Waals surface area contributed by atoms with Gasteiger partial charge in [-0.2, -0.15) is 0 Å². The molecule has 0 spiro atoms. The van der Waals surface area contributed by atoms with Crippen molar-refractivity contribution in [3.8, 4) is 5.75 Å². The Bertz CT molecular complexity index is 647. The summed E-state index contributed by atoms with van der Waals surface area (Å²) >= 11 is 6.04. The number of benzene rings is 2. The van der Waals surface area contributed by atoms with E-state index in [9.17, 15) is 5.11 Å². The zero-order valence-electron chi connectivity index (χ0n) is 13.0. The molecule has 0 radical (unpaired) electrons. The van der Waals surface area contributed by atoms with Gasteiger partial charge >= 0.3 is 0 Å². The molecule has 0 amide bonds. The zero-order valence-corrected chi connectivity index (χ0v) is 13.8. The normalized spacial score (nSPS) is 18.3. The van der Waals surface area contributed by atoms with E-state index < -0.39 is 6.10 Å². The van der Waals surface area contributed by atoms with E-state index in [4.69, 9.17) is 16.3 Å². The Labute approximate surface area is 142 Å². The molecule has 4 heteroatoms. The van der Waals surface area contributed by atoms with Gasteiger partial charge in [-0.25, -0.2) is 0 Å². The molecule has 2 aromatic rings. The highest BCUT2D eigenvalue weighted by molar-refractivity contribution is 6.32. The van der Waals surface area contributed by atoms with Gasteiger partial charge in [0.2, 0.25) is 0 Å². The van der Waals surface area contributed by atoms with Crippen molar-refractivity contribution in [2.45, 2.75) is 31.4 Å². The van der Waals surface area contributed by atoms with Crippen LogP contribution in [-0.4, -0.2) is 24.4 Å². The summed E-state index contributed by atoms with van der Waals surface area (Å²) in [5.41, 5.74) is 2.77. The summed E-state index contributed by atoms with van der Waals surface area (Å²) < 4.78 is 5.59. The lowest BCUT2D eigenvalue weighted by atomic mass is 9.88. The van der Waals surface area contributed by atoms with Gasteiger partial charge in [-0.1, -0.05) is 48.0 Å². The van der Waals surface area contributed by atoms with E-state index >= 15 is 0 Å². The lowest BCUT2D eigenvalue weighted by molar-refractivity contribution is 0.103. The first-order chi connectivity index (χ1) is 11.2. The van der Waals surface area contributed by atoms with Crippen LogP contribution in [0.1, 0.15) is 30.0 Å². The molecule has 2 unspecified atom stereocenters. The summed E-state index contributed by atoms with van der Waals surface area (Å²) in [6.45, 7) is 0.731. The molecule has 0 saturated heterocycles. The van der Waals surface area contributed by atoms with Crippen molar-refractivity contribution in [3.05, 3.63) is 64.7 Å². The molecular formula is C19H22ClNO2. The third-order valence-electron chi connectivity index (χ3n) is 4.24. The predicted octanol–water partition coefficient (Wildman–Crippen LogP) is 3.75. The van der Waals surface area contributed by atoms with E-state index in [-0.39, 0.29) is 6.61 Å². The fourth-order valence-electron chi connectivity index (χ4n) is 3.05.